The smallest absolute Gasteiger partial charge is 0.227 e. The number of benzene rings is 2. The van der Waals surface area contributed by atoms with Gasteiger partial charge in [-0.25, -0.2) is 9.97 Å². The Bertz CT molecular complexity index is 1420. The Morgan fingerprint density at radius 2 is 1.97 bits per heavy atom. The van der Waals surface area contributed by atoms with Crippen LogP contribution in [0, 0.1) is 6.92 Å². The number of rotatable bonds is 7. The van der Waals surface area contributed by atoms with Crippen molar-refractivity contribution < 1.29 is 4.74 Å². The number of ether oxygens (including phenoxy) is 1. The molecule has 3 heterocycles. The van der Waals surface area contributed by atoms with Gasteiger partial charge in [-0.2, -0.15) is 0 Å². The third kappa shape index (κ3) is 4.59. The van der Waals surface area contributed by atoms with Gasteiger partial charge in [-0.05, 0) is 44.8 Å². The first-order chi connectivity index (χ1) is 17.3. The van der Waals surface area contributed by atoms with Gasteiger partial charge in [-0.15, -0.1) is 0 Å². The zero-order valence-electron chi connectivity index (χ0n) is 21.2. The highest BCUT2D eigenvalue weighted by atomic mass is 35.5. The Labute approximate surface area is 216 Å². The SMILES string of the molecule is Cc1cc(N(C)CCN(C)C)c(N)cc1Nc1ncc(Cl)c(-c2c3n(c4ccccc24)CCOC3)n1. The molecular formula is C27H32ClN7O. The van der Waals surface area contributed by atoms with Crippen molar-refractivity contribution in [2.45, 2.75) is 20.1 Å². The van der Waals surface area contributed by atoms with Crippen molar-refractivity contribution in [3.63, 3.8) is 0 Å². The van der Waals surface area contributed by atoms with E-state index < -0.39 is 0 Å². The van der Waals surface area contributed by atoms with Crippen molar-refractivity contribution in [2.24, 2.45) is 0 Å². The molecule has 0 radical (unpaired) electrons. The molecule has 0 saturated heterocycles. The van der Waals surface area contributed by atoms with Crippen LogP contribution in [0.1, 0.15) is 11.3 Å². The number of halogens is 1. The van der Waals surface area contributed by atoms with E-state index in [1.165, 1.54) is 0 Å². The van der Waals surface area contributed by atoms with Crippen LogP contribution in [0.15, 0.2) is 42.6 Å². The van der Waals surface area contributed by atoms with Crippen LogP contribution in [0.4, 0.5) is 23.0 Å². The fourth-order valence-electron chi connectivity index (χ4n) is 4.72. The largest absolute Gasteiger partial charge is 0.397 e. The van der Waals surface area contributed by atoms with Gasteiger partial charge in [0.25, 0.3) is 0 Å². The number of hydrogen-bond donors (Lipinski definition) is 2. The summed E-state index contributed by atoms with van der Waals surface area (Å²) in [5.74, 6) is 0.464. The van der Waals surface area contributed by atoms with Crippen molar-refractivity contribution >= 4 is 45.5 Å². The number of anilines is 4. The Kier molecular flexibility index (Phi) is 6.75. The Hall–Kier alpha value is -3.33. The van der Waals surface area contributed by atoms with E-state index >= 15 is 0 Å². The molecule has 1 aliphatic rings. The van der Waals surface area contributed by atoms with Crippen LogP contribution in [0.25, 0.3) is 22.2 Å². The monoisotopic (exact) mass is 505 g/mol. The number of aromatic nitrogens is 3. The minimum absolute atomic E-state index is 0.464. The van der Waals surface area contributed by atoms with Crippen LogP contribution in [0.2, 0.25) is 5.02 Å². The summed E-state index contributed by atoms with van der Waals surface area (Å²) < 4.78 is 8.10. The van der Waals surface area contributed by atoms with Crippen LogP contribution in [-0.4, -0.2) is 60.3 Å². The van der Waals surface area contributed by atoms with Gasteiger partial charge in [0.05, 0.1) is 47.2 Å². The minimum atomic E-state index is 0.464. The number of hydrogen-bond acceptors (Lipinski definition) is 7. The number of fused-ring (bicyclic) bond motifs is 3. The standard InChI is InChI=1S/C27H32ClN7O/c1-17-13-23(34(4)10-9-33(2)3)20(29)14-21(17)31-27-30-15-19(28)26(32-27)25-18-7-5-6-8-22(18)35-11-12-36-16-24(25)35/h5-8,13-15H,9-12,16,29H2,1-4H3,(H,30,31,32). The number of nitrogens with two attached hydrogens (primary N) is 1. The molecule has 4 aromatic rings. The number of aryl methyl sites for hydroxylation is 1. The molecule has 36 heavy (non-hydrogen) atoms. The summed E-state index contributed by atoms with van der Waals surface area (Å²) >= 11 is 6.67. The van der Waals surface area contributed by atoms with Gasteiger partial charge in [0.15, 0.2) is 0 Å². The molecule has 3 N–H and O–H groups in total. The van der Waals surface area contributed by atoms with Gasteiger partial charge in [0.2, 0.25) is 5.95 Å². The first kappa shape index (κ1) is 24.4. The third-order valence-corrected chi connectivity index (χ3v) is 6.95. The molecule has 0 amide bonds. The second kappa shape index (κ2) is 9.97. The van der Waals surface area contributed by atoms with Gasteiger partial charge in [-0.1, -0.05) is 29.8 Å². The number of nitrogens with one attached hydrogen (secondary N) is 1. The highest BCUT2D eigenvalue weighted by Gasteiger charge is 2.24. The number of likely N-dealkylation sites (N-methyl/N-ethyl adjacent to an activating group) is 2. The molecular weight excluding hydrogens is 474 g/mol. The second-order valence-electron chi connectivity index (χ2n) is 9.51. The molecule has 8 nitrogen and oxygen atoms in total. The molecule has 1 aliphatic heterocycles. The van der Waals surface area contributed by atoms with Crippen LogP contribution in [-0.2, 0) is 17.9 Å². The predicted molar refractivity (Wildman–Crippen MR) is 148 cm³/mol. The average Bonchev–Trinajstić information content (AvgIpc) is 3.20. The molecule has 0 bridgehead atoms. The highest BCUT2D eigenvalue weighted by molar-refractivity contribution is 6.33. The molecule has 188 valence electrons. The number of para-hydroxylation sites is 1. The highest BCUT2D eigenvalue weighted by Crippen LogP contribution is 2.39. The second-order valence-corrected chi connectivity index (χ2v) is 9.92. The first-order valence-corrected chi connectivity index (χ1v) is 12.4. The molecule has 9 heteroatoms. The lowest BCUT2D eigenvalue weighted by Gasteiger charge is -2.24. The zero-order valence-corrected chi connectivity index (χ0v) is 21.9. The molecule has 5 rings (SSSR count). The summed E-state index contributed by atoms with van der Waals surface area (Å²) in [6.45, 7) is 5.89. The van der Waals surface area contributed by atoms with E-state index in [2.05, 4.69) is 77.0 Å². The van der Waals surface area contributed by atoms with Crippen LogP contribution in [0.5, 0.6) is 0 Å². The van der Waals surface area contributed by atoms with E-state index in [1.807, 2.05) is 12.1 Å². The van der Waals surface area contributed by atoms with Gasteiger partial charge >= 0.3 is 0 Å². The summed E-state index contributed by atoms with van der Waals surface area (Å²) in [5, 5.41) is 4.97. The van der Waals surface area contributed by atoms with Crippen LogP contribution >= 0.6 is 11.6 Å². The zero-order chi connectivity index (χ0) is 25.4. The first-order valence-electron chi connectivity index (χ1n) is 12.1. The molecule has 2 aromatic carbocycles. The van der Waals surface area contributed by atoms with Crippen molar-refractivity contribution in [1.29, 1.82) is 0 Å². The quantitative estimate of drug-likeness (QED) is 0.345. The topological polar surface area (TPSA) is 84.5 Å². The van der Waals surface area contributed by atoms with Crippen molar-refractivity contribution in [2.75, 3.05) is 56.8 Å². The summed E-state index contributed by atoms with van der Waals surface area (Å²) in [4.78, 5) is 13.7. The number of nitrogen functional groups attached to an aromatic ring is 1. The molecule has 0 spiro atoms. The maximum atomic E-state index is 6.67. The fraction of sp³-hybridized carbons (Fsp3) is 0.333. The van der Waals surface area contributed by atoms with E-state index in [4.69, 9.17) is 27.1 Å². The van der Waals surface area contributed by atoms with Crippen LogP contribution in [0.3, 0.4) is 0 Å². The van der Waals surface area contributed by atoms with Crippen molar-refractivity contribution in [3.8, 4) is 11.3 Å². The Morgan fingerprint density at radius 3 is 2.78 bits per heavy atom. The maximum absolute atomic E-state index is 6.67. The normalized spacial score (nSPS) is 13.3. The van der Waals surface area contributed by atoms with Crippen molar-refractivity contribution in [1.82, 2.24) is 19.4 Å². The molecule has 0 unspecified atom stereocenters. The Balaban J connectivity index is 1.50. The van der Waals surface area contributed by atoms with Gasteiger partial charge in [-0.3, -0.25) is 0 Å². The van der Waals surface area contributed by atoms with Gasteiger partial charge in [0.1, 0.15) is 0 Å². The summed E-state index contributed by atoms with van der Waals surface area (Å²) in [5.41, 5.74) is 14.0. The molecule has 0 saturated carbocycles. The lowest BCUT2D eigenvalue weighted by molar-refractivity contribution is 0.0869. The van der Waals surface area contributed by atoms with E-state index in [0.717, 1.165) is 58.7 Å². The van der Waals surface area contributed by atoms with Gasteiger partial charge < -0.3 is 30.2 Å². The summed E-state index contributed by atoms with van der Waals surface area (Å²) in [6.07, 6.45) is 1.65. The van der Waals surface area contributed by atoms with Crippen molar-refractivity contribution in [3.05, 3.63) is 58.9 Å². The van der Waals surface area contributed by atoms with E-state index in [-0.39, 0.29) is 0 Å². The van der Waals surface area contributed by atoms with Crippen LogP contribution < -0.4 is 16.0 Å². The van der Waals surface area contributed by atoms with E-state index in [0.29, 0.717) is 35.6 Å². The molecule has 2 aromatic heterocycles. The lowest BCUT2D eigenvalue weighted by atomic mass is 10.1. The molecule has 0 fully saturated rings. The Morgan fingerprint density at radius 1 is 1.17 bits per heavy atom. The minimum Gasteiger partial charge on any atom is -0.397 e. The fourth-order valence-corrected chi connectivity index (χ4v) is 4.90. The van der Waals surface area contributed by atoms with E-state index in [9.17, 15) is 0 Å². The number of nitrogens with zero attached hydrogens (tertiary/aromatic N) is 5. The van der Waals surface area contributed by atoms with Gasteiger partial charge in [0, 0.05) is 48.8 Å². The third-order valence-electron chi connectivity index (χ3n) is 6.67. The molecule has 0 atom stereocenters. The molecule has 0 aliphatic carbocycles. The summed E-state index contributed by atoms with van der Waals surface area (Å²) in [7, 11) is 6.19. The summed E-state index contributed by atoms with van der Waals surface area (Å²) in [6, 6.07) is 12.4. The average molecular weight is 506 g/mol. The van der Waals surface area contributed by atoms with E-state index in [1.54, 1.807) is 6.20 Å². The maximum Gasteiger partial charge on any atom is 0.227 e. The lowest BCUT2D eigenvalue weighted by Crippen LogP contribution is -2.29. The predicted octanol–water partition coefficient (Wildman–Crippen LogP) is 4.91.